The van der Waals surface area contributed by atoms with Crippen LogP contribution in [0.1, 0.15) is 18.4 Å². The molecule has 0 heterocycles. The van der Waals surface area contributed by atoms with Crippen molar-refractivity contribution in [3.05, 3.63) is 29.8 Å². The quantitative estimate of drug-likeness (QED) is 0.789. The highest BCUT2D eigenvalue weighted by Gasteiger charge is 2.23. The summed E-state index contributed by atoms with van der Waals surface area (Å²) in [7, 11) is 2.11. The molecule has 0 unspecified atom stereocenters. The van der Waals surface area contributed by atoms with Crippen LogP contribution >= 0.6 is 12.2 Å². The Morgan fingerprint density at radius 2 is 2.13 bits per heavy atom. The molecule has 0 radical (unpaired) electrons. The van der Waals surface area contributed by atoms with Gasteiger partial charge < -0.3 is 10.6 Å². The molecule has 0 spiro atoms. The molecular formula is C12H16N2S. The predicted octanol–water partition coefficient (Wildman–Crippen LogP) is 2.17. The number of nitrogens with two attached hydrogens (primary N) is 1. The second-order valence-electron chi connectivity index (χ2n) is 4.21. The molecule has 80 valence electrons. The molecule has 0 saturated heterocycles. The van der Waals surface area contributed by atoms with Crippen molar-refractivity contribution in [2.24, 2.45) is 11.7 Å². The Labute approximate surface area is 96.1 Å². The van der Waals surface area contributed by atoms with Gasteiger partial charge in [0.25, 0.3) is 0 Å². The zero-order valence-electron chi connectivity index (χ0n) is 8.94. The first-order valence-corrected chi connectivity index (χ1v) is 5.69. The Morgan fingerprint density at radius 1 is 1.47 bits per heavy atom. The number of hydrogen-bond donors (Lipinski definition) is 1. The van der Waals surface area contributed by atoms with Crippen LogP contribution in [0.5, 0.6) is 0 Å². The lowest BCUT2D eigenvalue weighted by atomic mass is 10.1. The first kappa shape index (κ1) is 10.4. The van der Waals surface area contributed by atoms with Gasteiger partial charge in [-0.1, -0.05) is 24.4 Å². The molecule has 1 aliphatic carbocycles. The molecule has 1 saturated carbocycles. The van der Waals surface area contributed by atoms with E-state index < -0.39 is 0 Å². The van der Waals surface area contributed by atoms with E-state index in [1.807, 2.05) is 18.2 Å². The van der Waals surface area contributed by atoms with Crippen molar-refractivity contribution >= 4 is 22.9 Å². The fourth-order valence-corrected chi connectivity index (χ4v) is 1.97. The number of thiocarbonyl (C=S) groups is 1. The van der Waals surface area contributed by atoms with Crippen molar-refractivity contribution in [3.63, 3.8) is 0 Å². The zero-order valence-corrected chi connectivity index (χ0v) is 9.76. The minimum Gasteiger partial charge on any atom is -0.389 e. The Morgan fingerprint density at radius 3 is 2.73 bits per heavy atom. The van der Waals surface area contributed by atoms with Gasteiger partial charge in [0.15, 0.2) is 0 Å². The number of hydrogen-bond acceptors (Lipinski definition) is 2. The molecule has 0 atom stereocenters. The van der Waals surface area contributed by atoms with Crippen LogP contribution in [0.25, 0.3) is 0 Å². The summed E-state index contributed by atoms with van der Waals surface area (Å²) in [5.41, 5.74) is 7.84. The molecule has 0 amide bonds. The molecule has 0 bridgehead atoms. The van der Waals surface area contributed by atoms with Crippen LogP contribution in [0.4, 0.5) is 5.69 Å². The van der Waals surface area contributed by atoms with Gasteiger partial charge in [0.2, 0.25) is 0 Å². The van der Waals surface area contributed by atoms with Crippen LogP contribution in [-0.4, -0.2) is 18.6 Å². The molecule has 1 aromatic rings. The topological polar surface area (TPSA) is 29.3 Å². The van der Waals surface area contributed by atoms with Gasteiger partial charge in [0, 0.05) is 24.8 Å². The molecule has 0 aliphatic heterocycles. The fourth-order valence-electron chi connectivity index (χ4n) is 1.80. The van der Waals surface area contributed by atoms with E-state index in [0.29, 0.717) is 4.99 Å². The zero-order chi connectivity index (χ0) is 10.8. The Hall–Kier alpha value is -1.09. The smallest absolute Gasteiger partial charge is 0.106 e. The number of nitrogens with zero attached hydrogens (tertiary/aromatic N) is 1. The van der Waals surface area contributed by atoms with Crippen LogP contribution in [0.3, 0.4) is 0 Å². The van der Waals surface area contributed by atoms with Gasteiger partial charge >= 0.3 is 0 Å². The molecule has 1 fully saturated rings. The lowest BCUT2D eigenvalue weighted by molar-refractivity contribution is 0.787. The summed E-state index contributed by atoms with van der Waals surface area (Å²) in [5.74, 6) is 0.870. The average Bonchev–Trinajstić information content (AvgIpc) is 3.01. The number of rotatable bonds is 4. The average molecular weight is 220 g/mol. The van der Waals surface area contributed by atoms with Crippen molar-refractivity contribution in [1.82, 2.24) is 0 Å². The third-order valence-electron chi connectivity index (χ3n) is 2.81. The maximum Gasteiger partial charge on any atom is 0.106 e. The van der Waals surface area contributed by atoms with E-state index in [-0.39, 0.29) is 0 Å². The third kappa shape index (κ3) is 2.48. The van der Waals surface area contributed by atoms with Gasteiger partial charge in [-0.2, -0.15) is 0 Å². The van der Waals surface area contributed by atoms with Gasteiger partial charge in [-0.05, 0) is 30.9 Å². The van der Waals surface area contributed by atoms with E-state index in [9.17, 15) is 0 Å². The summed E-state index contributed by atoms with van der Waals surface area (Å²) in [5, 5.41) is 0. The van der Waals surface area contributed by atoms with Crippen molar-refractivity contribution in [2.75, 3.05) is 18.5 Å². The number of benzene rings is 1. The van der Waals surface area contributed by atoms with Crippen LogP contribution in [-0.2, 0) is 0 Å². The second kappa shape index (κ2) is 4.19. The van der Waals surface area contributed by atoms with Gasteiger partial charge in [0.1, 0.15) is 4.99 Å². The lowest BCUT2D eigenvalue weighted by Crippen LogP contribution is -2.23. The van der Waals surface area contributed by atoms with Crippen LogP contribution in [0.2, 0.25) is 0 Å². The van der Waals surface area contributed by atoms with Crippen LogP contribution in [0, 0.1) is 5.92 Å². The summed E-state index contributed by atoms with van der Waals surface area (Å²) in [4.78, 5) is 2.74. The monoisotopic (exact) mass is 220 g/mol. The van der Waals surface area contributed by atoms with E-state index in [1.54, 1.807) is 0 Å². The summed E-state index contributed by atoms with van der Waals surface area (Å²) < 4.78 is 0. The highest BCUT2D eigenvalue weighted by molar-refractivity contribution is 7.80. The van der Waals surface area contributed by atoms with Crippen molar-refractivity contribution in [2.45, 2.75) is 12.8 Å². The van der Waals surface area contributed by atoms with E-state index in [0.717, 1.165) is 23.7 Å². The highest BCUT2D eigenvalue weighted by atomic mass is 32.1. The van der Waals surface area contributed by atoms with Gasteiger partial charge in [-0.25, -0.2) is 0 Å². The van der Waals surface area contributed by atoms with Gasteiger partial charge in [-0.15, -0.1) is 0 Å². The third-order valence-corrected chi connectivity index (χ3v) is 3.03. The molecular weight excluding hydrogens is 204 g/mol. The minimum absolute atomic E-state index is 0.480. The summed E-state index contributed by atoms with van der Waals surface area (Å²) in [6.07, 6.45) is 2.72. The molecule has 2 rings (SSSR count). The molecule has 3 heteroatoms. The Kier molecular flexibility index (Phi) is 2.91. The second-order valence-corrected chi connectivity index (χ2v) is 4.65. The summed E-state index contributed by atoms with van der Waals surface area (Å²) in [6.45, 7) is 1.11. The van der Waals surface area contributed by atoms with E-state index in [1.165, 1.54) is 12.8 Å². The van der Waals surface area contributed by atoms with Crippen molar-refractivity contribution in [1.29, 1.82) is 0 Å². The van der Waals surface area contributed by atoms with Gasteiger partial charge in [-0.3, -0.25) is 0 Å². The van der Waals surface area contributed by atoms with Crippen LogP contribution < -0.4 is 10.6 Å². The predicted molar refractivity (Wildman–Crippen MR) is 68.3 cm³/mol. The molecule has 15 heavy (non-hydrogen) atoms. The number of para-hydroxylation sites is 1. The largest absolute Gasteiger partial charge is 0.389 e. The Bertz CT molecular complexity index is 372. The van der Waals surface area contributed by atoms with E-state index >= 15 is 0 Å². The van der Waals surface area contributed by atoms with Crippen LogP contribution in [0.15, 0.2) is 24.3 Å². The summed E-state index contributed by atoms with van der Waals surface area (Å²) in [6, 6.07) is 8.07. The van der Waals surface area contributed by atoms with E-state index in [2.05, 4.69) is 18.0 Å². The maximum atomic E-state index is 5.70. The molecule has 2 N–H and O–H groups in total. The fraction of sp³-hybridized carbons (Fsp3) is 0.417. The first-order chi connectivity index (χ1) is 7.18. The van der Waals surface area contributed by atoms with Gasteiger partial charge in [0.05, 0.1) is 0 Å². The standard InChI is InChI=1S/C12H16N2S/c1-14(8-9-6-7-9)11-5-3-2-4-10(11)12(13)15/h2-5,9H,6-8H2,1H3,(H2,13,15). The number of anilines is 1. The molecule has 1 aliphatic rings. The minimum atomic E-state index is 0.480. The van der Waals surface area contributed by atoms with Crippen molar-refractivity contribution in [3.8, 4) is 0 Å². The summed E-state index contributed by atoms with van der Waals surface area (Å²) >= 11 is 5.05. The molecule has 0 aromatic heterocycles. The maximum absolute atomic E-state index is 5.70. The molecule has 1 aromatic carbocycles. The molecule has 2 nitrogen and oxygen atoms in total. The SMILES string of the molecule is CN(CC1CC1)c1ccccc1C(N)=S. The highest BCUT2D eigenvalue weighted by Crippen LogP contribution is 2.31. The van der Waals surface area contributed by atoms with E-state index in [4.69, 9.17) is 18.0 Å². The normalized spacial score (nSPS) is 15.0. The first-order valence-electron chi connectivity index (χ1n) is 5.28. The Balaban J connectivity index is 2.20. The van der Waals surface area contributed by atoms with Crippen molar-refractivity contribution < 1.29 is 0 Å². The lowest BCUT2D eigenvalue weighted by Gasteiger charge is -2.21.